The van der Waals surface area contributed by atoms with E-state index in [0.717, 1.165) is 18.8 Å². The van der Waals surface area contributed by atoms with E-state index < -0.39 is 0 Å². The van der Waals surface area contributed by atoms with E-state index in [1.165, 1.54) is 18.5 Å². The third-order valence-corrected chi connectivity index (χ3v) is 3.45. The summed E-state index contributed by atoms with van der Waals surface area (Å²) in [5.74, 6) is 0.693. The van der Waals surface area contributed by atoms with E-state index in [9.17, 15) is 0 Å². The van der Waals surface area contributed by atoms with Crippen LogP contribution in [-0.4, -0.2) is 30.6 Å². The van der Waals surface area contributed by atoms with E-state index >= 15 is 0 Å². The second-order valence-electron chi connectivity index (χ2n) is 5.53. The van der Waals surface area contributed by atoms with Crippen LogP contribution in [0.4, 0.5) is 0 Å². The second-order valence-corrected chi connectivity index (χ2v) is 5.53. The molecule has 1 fully saturated rings. The van der Waals surface area contributed by atoms with Crippen molar-refractivity contribution in [3.63, 3.8) is 0 Å². The molecule has 2 nitrogen and oxygen atoms in total. The molecular formula is C16H24N2. The lowest BCUT2D eigenvalue weighted by atomic mass is 9.99. The van der Waals surface area contributed by atoms with Gasteiger partial charge in [-0.3, -0.25) is 4.90 Å². The molecule has 1 aliphatic heterocycles. The van der Waals surface area contributed by atoms with Gasteiger partial charge in [-0.1, -0.05) is 36.9 Å². The summed E-state index contributed by atoms with van der Waals surface area (Å²) < 4.78 is 0. The van der Waals surface area contributed by atoms with Crippen LogP contribution >= 0.6 is 0 Å². The van der Waals surface area contributed by atoms with Gasteiger partial charge in [0.05, 0.1) is 0 Å². The van der Waals surface area contributed by atoms with Crippen molar-refractivity contribution in [3.05, 3.63) is 48.2 Å². The lowest BCUT2D eigenvalue weighted by Gasteiger charge is -2.20. The molecule has 1 unspecified atom stereocenters. The maximum absolute atomic E-state index is 4.10. The van der Waals surface area contributed by atoms with E-state index in [2.05, 4.69) is 61.0 Å². The molecule has 1 saturated heterocycles. The van der Waals surface area contributed by atoms with Crippen molar-refractivity contribution in [3.8, 4) is 0 Å². The summed E-state index contributed by atoms with van der Waals surface area (Å²) in [6, 6.07) is 11.3. The topological polar surface area (TPSA) is 15.3 Å². The highest BCUT2D eigenvalue weighted by molar-refractivity contribution is 5.21. The fraction of sp³-hybridized carbons (Fsp3) is 0.500. The van der Waals surface area contributed by atoms with Gasteiger partial charge in [-0.15, -0.1) is 0 Å². The molecule has 2 rings (SSSR count). The Hall–Kier alpha value is -1.28. The number of rotatable bonds is 5. The molecule has 98 valence electrons. The Morgan fingerprint density at radius 1 is 1.39 bits per heavy atom. The Morgan fingerprint density at radius 3 is 2.78 bits per heavy atom. The van der Waals surface area contributed by atoms with Gasteiger partial charge in [0.25, 0.3) is 0 Å². The van der Waals surface area contributed by atoms with Crippen molar-refractivity contribution in [1.29, 1.82) is 0 Å². The first-order valence-electron chi connectivity index (χ1n) is 6.87. The molecule has 0 radical (unpaired) electrons. The molecule has 0 spiro atoms. The fourth-order valence-corrected chi connectivity index (χ4v) is 2.70. The molecule has 1 aromatic rings. The highest BCUT2D eigenvalue weighted by Gasteiger charge is 2.23. The van der Waals surface area contributed by atoms with Gasteiger partial charge in [-0.25, -0.2) is 0 Å². The minimum atomic E-state index is 0.477. The predicted molar refractivity (Wildman–Crippen MR) is 77.7 cm³/mol. The van der Waals surface area contributed by atoms with Crippen LogP contribution in [0, 0.1) is 0 Å². The lowest BCUT2D eigenvalue weighted by Crippen LogP contribution is -2.31. The Kier molecular flexibility index (Phi) is 4.43. The maximum Gasteiger partial charge on any atom is 0.0376 e. The van der Waals surface area contributed by atoms with E-state index in [1.807, 2.05) is 0 Å². The Morgan fingerprint density at radius 2 is 2.11 bits per heavy atom. The third-order valence-electron chi connectivity index (χ3n) is 3.45. The Labute approximate surface area is 111 Å². The highest BCUT2D eigenvalue weighted by atomic mass is 15.2. The van der Waals surface area contributed by atoms with Crippen molar-refractivity contribution < 1.29 is 0 Å². The van der Waals surface area contributed by atoms with Gasteiger partial charge in [-0.05, 0) is 38.3 Å². The average molecular weight is 244 g/mol. The SMILES string of the molecule is C=C(CN1CCC(c2ccccc2)C1)NC(C)C. The zero-order valence-electron chi connectivity index (χ0n) is 11.5. The molecule has 0 aliphatic carbocycles. The van der Waals surface area contributed by atoms with Crippen molar-refractivity contribution in [1.82, 2.24) is 10.2 Å². The molecule has 0 bridgehead atoms. The highest BCUT2D eigenvalue weighted by Crippen LogP contribution is 2.26. The smallest absolute Gasteiger partial charge is 0.0376 e. The average Bonchev–Trinajstić information content (AvgIpc) is 2.77. The molecule has 1 aliphatic rings. The van der Waals surface area contributed by atoms with Gasteiger partial charge < -0.3 is 5.32 Å². The number of hydrogen-bond acceptors (Lipinski definition) is 2. The van der Waals surface area contributed by atoms with Gasteiger partial charge in [0.2, 0.25) is 0 Å². The summed E-state index contributed by atoms with van der Waals surface area (Å²) in [6.07, 6.45) is 1.26. The minimum Gasteiger partial charge on any atom is -0.386 e. The first-order valence-corrected chi connectivity index (χ1v) is 6.87. The zero-order valence-corrected chi connectivity index (χ0v) is 11.5. The number of hydrogen-bond donors (Lipinski definition) is 1. The van der Waals surface area contributed by atoms with Gasteiger partial charge in [0.1, 0.15) is 0 Å². The molecule has 0 amide bonds. The molecule has 1 N–H and O–H groups in total. The van der Waals surface area contributed by atoms with Crippen LogP contribution in [-0.2, 0) is 0 Å². The van der Waals surface area contributed by atoms with Crippen LogP contribution in [0.25, 0.3) is 0 Å². The molecule has 2 heteroatoms. The van der Waals surface area contributed by atoms with Crippen molar-refractivity contribution >= 4 is 0 Å². The van der Waals surface area contributed by atoms with Crippen LogP contribution in [0.3, 0.4) is 0 Å². The predicted octanol–water partition coefficient (Wildman–Crippen LogP) is 2.99. The van der Waals surface area contributed by atoms with Crippen LogP contribution < -0.4 is 5.32 Å². The van der Waals surface area contributed by atoms with Gasteiger partial charge in [-0.2, -0.15) is 0 Å². The monoisotopic (exact) mass is 244 g/mol. The summed E-state index contributed by atoms with van der Waals surface area (Å²) >= 11 is 0. The van der Waals surface area contributed by atoms with E-state index in [-0.39, 0.29) is 0 Å². The Balaban J connectivity index is 1.84. The number of likely N-dealkylation sites (tertiary alicyclic amines) is 1. The van der Waals surface area contributed by atoms with Gasteiger partial charge >= 0.3 is 0 Å². The standard InChI is InChI=1S/C16H24N2/c1-13(2)17-14(3)11-18-10-9-16(12-18)15-7-5-4-6-8-15/h4-8,13,16-17H,3,9-12H2,1-2H3. The maximum atomic E-state index is 4.10. The number of nitrogens with zero attached hydrogens (tertiary/aromatic N) is 1. The summed E-state index contributed by atoms with van der Waals surface area (Å²) in [5, 5.41) is 3.39. The number of benzene rings is 1. The second kappa shape index (κ2) is 6.05. The van der Waals surface area contributed by atoms with E-state index in [0.29, 0.717) is 12.0 Å². The van der Waals surface area contributed by atoms with Gasteiger partial charge in [0, 0.05) is 24.8 Å². The van der Waals surface area contributed by atoms with E-state index in [1.54, 1.807) is 0 Å². The molecule has 1 atom stereocenters. The molecule has 18 heavy (non-hydrogen) atoms. The van der Waals surface area contributed by atoms with Crippen molar-refractivity contribution in [2.45, 2.75) is 32.2 Å². The summed E-state index contributed by atoms with van der Waals surface area (Å²) in [5.41, 5.74) is 2.61. The summed E-state index contributed by atoms with van der Waals surface area (Å²) in [6.45, 7) is 11.7. The molecular weight excluding hydrogens is 220 g/mol. The fourth-order valence-electron chi connectivity index (χ4n) is 2.70. The molecule has 1 aromatic carbocycles. The quantitative estimate of drug-likeness (QED) is 0.856. The van der Waals surface area contributed by atoms with E-state index in [4.69, 9.17) is 0 Å². The van der Waals surface area contributed by atoms with Crippen LogP contribution in [0.5, 0.6) is 0 Å². The minimum absolute atomic E-state index is 0.477. The summed E-state index contributed by atoms with van der Waals surface area (Å²) in [7, 11) is 0. The van der Waals surface area contributed by atoms with Crippen LogP contribution in [0.15, 0.2) is 42.6 Å². The lowest BCUT2D eigenvalue weighted by molar-refractivity contribution is 0.353. The van der Waals surface area contributed by atoms with Crippen LogP contribution in [0.1, 0.15) is 31.7 Å². The largest absolute Gasteiger partial charge is 0.386 e. The third kappa shape index (κ3) is 3.61. The zero-order chi connectivity index (χ0) is 13.0. The van der Waals surface area contributed by atoms with Crippen LogP contribution in [0.2, 0.25) is 0 Å². The molecule has 0 aromatic heterocycles. The molecule has 1 heterocycles. The normalized spacial score (nSPS) is 20.3. The van der Waals surface area contributed by atoms with Crippen molar-refractivity contribution in [2.75, 3.05) is 19.6 Å². The first kappa shape index (κ1) is 13.2. The van der Waals surface area contributed by atoms with Gasteiger partial charge in [0.15, 0.2) is 0 Å². The first-order chi connectivity index (χ1) is 8.65. The Bertz CT molecular complexity index is 383. The van der Waals surface area contributed by atoms with Crippen molar-refractivity contribution in [2.24, 2.45) is 0 Å². The number of nitrogens with one attached hydrogen (secondary N) is 1. The summed E-state index contributed by atoms with van der Waals surface area (Å²) in [4.78, 5) is 2.50. The molecule has 0 saturated carbocycles.